The fourth-order valence-corrected chi connectivity index (χ4v) is 2.43. The van der Waals surface area contributed by atoms with Gasteiger partial charge >= 0.3 is 0 Å². The molecule has 1 rings (SSSR count). The van der Waals surface area contributed by atoms with Gasteiger partial charge in [0.2, 0.25) is 10.0 Å². The lowest BCUT2D eigenvalue weighted by atomic mass is 10.2. The number of hydrogen-bond donors (Lipinski definition) is 2. The molecule has 17 heavy (non-hydrogen) atoms. The molecule has 0 aliphatic rings. The SMILES string of the molecule is CCC(O)CCNS(=O)(=O)c1ccccc1F. The molecule has 1 unspecified atom stereocenters. The highest BCUT2D eigenvalue weighted by atomic mass is 32.2. The van der Waals surface area contributed by atoms with Crippen LogP contribution in [0.15, 0.2) is 29.2 Å². The van der Waals surface area contributed by atoms with Crippen LogP contribution in [-0.2, 0) is 10.0 Å². The summed E-state index contributed by atoms with van der Waals surface area (Å²) in [7, 11) is -3.83. The van der Waals surface area contributed by atoms with Crippen molar-refractivity contribution in [2.45, 2.75) is 30.8 Å². The van der Waals surface area contributed by atoms with Gasteiger partial charge in [-0.05, 0) is 25.0 Å². The summed E-state index contributed by atoms with van der Waals surface area (Å²) in [6.45, 7) is 1.89. The predicted octanol–water partition coefficient (Wildman–Crippen LogP) is 1.26. The summed E-state index contributed by atoms with van der Waals surface area (Å²) in [5.41, 5.74) is 0. The quantitative estimate of drug-likeness (QED) is 0.810. The molecule has 4 nitrogen and oxygen atoms in total. The van der Waals surface area contributed by atoms with Crippen LogP contribution in [0, 0.1) is 5.82 Å². The van der Waals surface area contributed by atoms with Crippen molar-refractivity contribution in [1.82, 2.24) is 4.72 Å². The van der Waals surface area contributed by atoms with Crippen LogP contribution in [0.5, 0.6) is 0 Å². The minimum atomic E-state index is -3.83. The average Bonchev–Trinajstić information content (AvgIpc) is 2.28. The molecule has 0 fully saturated rings. The number of sulfonamides is 1. The fourth-order valence-electron chi connectivity index (χ4n) is 1.30. The van der Waals surface area contributed by atoms with E-state index in [0.29, 0.717) is 12.8 Å². The molecule has 0 aliphatic heterocycles. The third-order valence-corrected chi connectivity index (χ3v) is 3.86. The first-order valence-electron chi connectivity index (χ1n) is 5.39. The summed E-state index contributed by atoms with van der Waals surface area (Å²) < 4.78 is 38.9. The molecule has 0 saturated carbocycles. The summed E-state index contributed by atoms with van der Waals surface area (Å²) in [5, 5.41) is 9.27. The van der Waals surface area contributed by atoms with Crippen LogP contribution in [0.4, 0.5) is 4.39 Å². The van der Waals surface area contributed by atoms with Crippen LogP contribution >= 0.6 is 0 Å². The van der Waals surface area contributed by atoms with Gasteiger partial charge in [0.1, 0.15) is 10.7 Å². The second-order valence-corrected chi connectivity index (χ2v) is 5.41. The van der Waals surface area contributed by atoms with Crippen molar-refractivity contribution < 1.29 is 17.9 Å². The first kappa shape index (κ1) is 14.1. The molecule has 0 amide bonds. The number of rotatable bonds is 6. The van der Waals surface area contributed by atoms with Crippen molar-refractivity contribution in [3.8, 4) is 0 Å². The summed E-state index contributed by atoms with van der Waals surface area (Å²) in [6, 6.07) is 5.18. The Morgan fingerprint density at radius 1 is 1.41 bits per heavy atom. The van der Waals surface area contributed by atoms with Gasteiger partial charge in [0.05, 0.1) is 6.10 Å². The Labute approximate surface area is 101 Å². The standard InChI is InChI=1S/C11H16FNO3S/c1-2-9(14)7-8-13-17(15,16)11-6-4-3-5-10(11)12/h3-6,9,13-14H,2,7-8H2,1H3. The highest BCUT2D eigenvalue weighted by Crippen LogP contribution is 2.13. The zero-order chi connectivity index (χ0) is 12.9. The lowest BCUT2D eigenvalue weighted by Crippen LogP contribution is -2.27. The monoisotopic (exact) mass is 261 g/mol. The van der Waals surface area contributed by atoms with E-state index in [1.807, 2.05) is 0 Å². The lowest BCUT2D eigenvalue weighted by molar-refractivity contribution is 0.162. The third-order valence-electron chi connectivity index (χ3n) is 2.37. The summed E-state index contributed by atoms with van der Waals surface area (Å²) >= 11 is 0. The zero-order valence-corrected chi connectivity index (χ0v) is 10.4. The fraction of sp³-hybridized carbons (Fsp3) is 0.455. The van der Waals surface area contributed by atoms with E-state index in [4.69, 9.17) is 0 Å². The first-order valence-corrected chi connectivity index (χ1v) is 6.88. The van der Waals surface area contributed by atoms with Gasteiger partial charge in [-0.3, -0.25) is 0 Å². The van der Waals surface area contributed by atoms with E-state index < -0.39 is 21.9 Å². The van der Waals surface area contributed by atoms with Crippen molar-refractivity contribution in [3.63, 3.8) is 0 Å². The van der Waals surface area contributed by atoms with E-state index in [1.54, 1.807) is 6.92 Å². The van der Waals surface area contributed by atoms with Gasteiger partial charge in [-0.25, -0.2) is 17.5 Å². The minimum absolute atomic E-state index is 0.0890. The van der Waals surface area contributed by atoms with Crippen molar-refractivity contribution >= 4 is 10.0 Å². The molecule has 0 aliphatic carbocycles. The second kappa shape index (κ2) is 6.09. The molecule has 1 atom stereocenters. The van der Waals surface area contributed by atoms with Gasteiger partial charge in [0.25, 0.3) is 0 Å². The maximum absolute atomic E-state index is 13.3. The van der Waals surface area contributed by atoms with E-state index in [1.165, 1.54) is 18.2 Å². The van der Waals surface area contributed by atoms with Crippen LogP contribution in [0.2, 0.25) is 0 Å². The molecule has 0 aromatic heterocycles. The van der Waals surface area contributed by atoms with Crippen LogP contribution in [0.1, 0.15) is 19.8 Å². The molecule has 96 valence electrons. The summed E-state index contributed by atoms with van der Waals surface area (Å²) in [6.07, 6.45) is 0.323. The molecule has 0 saturated heterocycles. The molecule has 1 aromatic carbocycles. The van der Waals surface area contributed by atoms with Gasteiger partial charge in [-0.2, -0.15) is 0 Å². The van der Waals surface area contributed by atoms with Gasteiger partial charge in [0.15, 0.2) is 0 Å². The molecule has 1 aromatic rings. The number of halogens is 1. The maximum atomic E-state index is 13.3. The molecule has 6 heteroatoms. The molecule has 0 bridgehead atoms. The van der Waals surface area contributed by atoms with E-state index in [0.717, 1.165) is 6.07 Å². The highest BCUT2D eigenvalue weighted by Gasteiger charge is 2.17. The normalized spacial score (nSPS) is 13.6. The summed E-state index contributed by atoms with van der Waals surface area (Å²) in [4.78, 5) is -0.369. The van der Waals surface area contributed by atoms with Crippen molar-refractivity contribution in [3.05, 3.63) is 30.1 Å². The molecular weight excluding hydrogens is 245 g/mol. The smallest absolute Gasteiger partial charge is 0.243 e. The number of aliphatic hydroxyl groups excluding tert-OH is 1. The Kier molecular flexibility index (Phi) is 5.04. The lowest BCUT2D eigenvalue weighted by Gasteiger charge is -2.09. The summed E-state index contributed by atoms with van der Waals surface area (Å²) in [5.74, 6) is -0.781. The maximum Gasteiger partial charge on any atom is 0.243 e. The van der Waals surface area contributed by atoms with E-state index in [9.17, 15) is 17.9 Å². The Bertz CT molecular complexity index is 462. The number of aliphatic hydroxyl groups is 1. The zero-order valence-electron chi connectivity index (χ0n) is 9.56. The molecule has 0 heterocycles. The molecular formula is C11H16FNO3S. The van der Waals surface area contributed by atoms with Crippen molar-refractivity contribution in [2.24, 2.45) is 0 Å². The predicted molar refractivity (Wildman–Crippen MR) is 62.5 cm³/mol. The van der Waals surface area contributed by atoms with Crippen molar-refractivity contribution in [1.29, 1.82) is 0 Å². The largest absolute Gasteiger partial charge is 0.393 e. The van der Waals surface area contributed by atoms with Crippen LogP contribution < -0.4 is 4.72 Å². The Balaban J connectivity index is 2.67. The van der Waals surface area contributed by atoms with Crippen LogP contribution in [-0.4, -0.2) is 26.2 Å². The van der Waals surface area contributed by atoms with E-state index >= 15 is 0 Å². The van der Waals surface area contributed by atoms with Gasteiger partial charge in [-0.1, -0.05) is 19.1 Å². The molecule has 2 N–H and O–H groups in total. The van der Waals surface area contributed by atoms with E-state index in [-0.39, 0.29) is 11.4 Å². The third kappa shape index (κ3) is 4.07. The first-order chi connectivity index (χ1) is 7.97. The minimum Gasteiger partial charge on any atom is -0.393 e. The van der Waals surface area contributed by atoms with E-state index in [2.05, 4.69) is 4.72 Å². The molecule has 0 spiro atoms. The van der Waals surface area contributed by atoms with Crippen molar-refractivity contribution in [2.75, 3.05) is 6.54 Å². The Morgan fingerprint density at radius 2 is 2.06 bits per heavy atom. The van der Waals surface area contributed by atoms with Gasteiger partial charge in [-0.15, -0.1) is 0 Å². The van der Waals surface area contributed by atoms with Gasteiger partial charge < -0.3 is 5.11 Å². The average molecular weight is 261 g/mol. The van der Waals surface area contributed by atoms with Crippen LogP contribution in [0.3, 0.4) is 0 Å². The van der Waals surface area contributed by atoms with Gasteiger partial charge in [0, 0.05) is 6.54 Å². The number of nitrogens with one attached hydrogen (secondary N) is 1. The van der Waals surface area contributed by atoms with Crippen LogP contribution in [0.25, 0.3) is 0 Å². The highest BCUT2D eigenvalue weighted by molar-refractivity contribution is 7.89. The number of hydrogen-bond acceptors (Lipinski definition) is 3. The topological polar surface area (TPSA) is 66.4 Å². The second-order valence-electron chi connectivity index (χ2n) is 3.68. The number of benzene rings is 1. The molecule has 0 radical (unpaired) electrons. The Hall–Kier alpha value is -0.980. The Morgan fingerprint density at radius 3 is 2.65 bits per heavy atom.